The lowest BCUT2D eigenvalue weighted by molar-refractivity contribution is -0.135. The van der Waals surface area contributed by atoms with E-state index in [1.54, 1.807) is 4.90 Å². The highest BCUT2D eigenvalue weighted by Gasteiger charge is 2.55. The molecule has 0 bridgehead atoms. The summed E-state index contributed by atoms with van der Waals surface area (Å²) in [6.07, 6.45) is 3.45. The smallest absolute Gasteiger partial charge is 0.408 e. The number of aromatic amines is 2. The summed E-state index contributed by atoms with van der Waals surface area (Å²) in [7, 11) is 1.29. The molecule has 4 heterocycles. The third kappa shape index (κ3) is 5.77. The summed E-state index contributed by atoms with van der Waals surface area (Å²) in [6, 6.07) is 13.4. The average Bonchev–Trinajstić information content (AvgIpc) is 3.87. The Labute approximate surface area is 280 Å². The number of hydrogen-bond acceptors (Lipinski definition) is 6. The number of fused-ring (bicyclic) bond motifs is 1. The fraction of sp³-hybridized carbons (Fsp3) is 0.472. The fourth-order valence-corrected chi connectivity index (χ4v) is 7.53. The first-order valence-corrected chi connectivity index (χ1v) is 16.7. The van der Waals surface area contributed by atoms with Crippen molar-refractivity contribution in [2.75, 3.05) is 20.2 Å². The first-order chi connectivity index (χ1) is 22.8. The Balaban J connectivity index is 1.22. The number of ether oxygens (including phenoxy) is 1. The number of H-pyrrole nitrogens is 2. The molecule has 2 aliphatic rings. The van der Waals surface area contributed by atoms with Crippen LogP contribution in [0.15, 0.2) is 48.7 Å². The first kappa shape index (κ1) is 33.0. The Kier molecular flexibility index (Phi) is 8.69. The lowest BCUT2D eigenvalue weighted by Crippen LogP contribution is -2.53. The van der Waals surface area contributed by atoms with Gasteiger partial charge in [-0.2, -0.15) is 0 Å². The molecule has 2 aliphatic heterocycles. The maximum absolute atomic E-state index is 13.6. The van der Waals surface area contributed by atoms with E-state index in [0.717, 1.165) is 58.5 Å². The van der Waals surface area contributed by atoms with Crippen molar-refractivity contribution < 1.29 is 24.2 Å². The molecular formula is C36H45N7O5. The largest absolute Gasteiger partial charge is 0.465 e. The third-order valence-corrected chi connectivity index (χ3v) is 10.1. The molecule has 3 amide bonds. The number of aromatic nitrogens is 4. The quantitative estimate of drug-likeness (QED) is 0.173. The van der Waals surface area contributed by atoms with Crippen LogP contribution in [0.2, 0.25) is 0 Å². The second kappa shape index (κ2) is 12.6. The van der Waals surface area contributed by atoms with Gasteiger partial charge >= 0.3 is 12.2 Å². The van der Waals surface area contributed by atoms with E-state index in [9.17, 15) is 19.5 Å². The van der Waals surface area contributed by atoms with E-state index in [0.29, 0.717) is 25.3 Å². The van der Waals surface area contributed by atoms with E-state index < -0.39 is 23.8 Å². The van der Waals surface area contributed by atoms with Crippen LogP contribution in [0.5, 0.6) is 0 Å². The SMILES string of the molecule is COC(=O)N[C@H](C(=O)N1CCC[C@H]1c1nc2cc(-c3ccc(-c4c[nH]c([C@@]5(C(C)(C)C)CCCN5C(=O)O)n4)cc3)ccc2[nH]1)C(C)C. The number of amides is 3. The van der Waals surface area contributed by atoms with Crippen molar-refractivity contribution in [2.24, 2.45) is 11.3 Å². The Morgan fingerprint density at radius 2 is 1.73 bits per heavy atom. The summed E-state index contributed by atoms with van der Waals surface area (Å²) in [5.74, 6) is 1.16. The molecule has 6 rings (SSSR count). The van der Waals surface area contributed by atoms with Gasteiger partial charge in [-0.25, -0.2) is 19.6 Å². The topological polar surface area (TPSA) is 157 Å². The van der Waals surface area contributed by atoms with Crippen LogP contribution in [-0.4, -0.2) is 79.2 Å². The van der Waals surface area contributed by atoms with Gasteiger partial charge in [-0.15, -0.1) is 0 Å². The third-order valence-electron chi connectivity index (χ3n) is 10.1. The predicted octanol–water partition coefficient (Wildman–Crippen LogP) is 6.68. The summed E-state index contributed by atoms with van der Waals surface area (Å²) in [4.78, 5) is 57.7. The minimum absolute atomic E-state index is 0.104. The molecule has 0 radical (unpaired) electrons. The van der Waals surface area contributed by atoms with Gasteiger partial charge in [0, 0.05) is 24.8 Å². The highest BCUT2D eigenvalue weighted by Crippen LogP contribution is 2.50. The molecule has 12 nitrogen and oxygen atoms in total. The van der Waals surface area contributed by atoms with E-state index in [1.165, 1.54) is 7.11 Å². The number of carbonyl (C=O) groups is 3. The van der Waals surface area contributed by atoms with Crippen molar-refractivity contribution in [3.8, 4) is 22.4 Å². The molecule has 0 spiro atoms. The molecule has 48 heavy (non-hydrogen) atoms. The number of benzene rings is 2. The Morgan fingerprint density at radius 1 is 1.02 bits per heavy atom. The number of carboxylic acid groups (broad SMARTS) is 1. The first-order valence-electron chi connectivity index (χ1n) is 16.7. The number of imidazole rings is 2. The standard InChI is InChI=1S/C36H45N7O5/c1-21(2)29(41-33(45)48-6)31(44)42-17-7-9-28(42)30-38-25-15-14-24(19-26(25)39-30)22-10-12-23(13-11-22)27-20-37-32(40-27)36(35(3,4)5)16-8-18-43(36)34(46)47/h10-15,19-21,28-29H,7-9,16-18H2,1-6H3,(H,37,40)(H,38,39)(H,41,45)(H,46,47)/t28-,29-,36+/m0/s1. The zero-order chi connectivity index (χ0) is 34.4. The lowest BCUT2D eigenvalue weighted by atomic mass is 9.71. The molecule has 2 aromatic heterocycles. The summed E-state index contributed by atoms with van der Waals surface area (Å²) < 4.78 is 4.75. The van der Waals surface area contributed by atoms with Crippen LogP contribution in [0.3, 0.4) is 0 Å². The van der Waals surface area contributed by atoms with Crippen LogP contribution in [0.1, 0.15) is 78.0 Å². The number of likely N-dealkylation sites (tertiary alicyclic amines) is 2. The van der Waals surface area contributed by atoms with E-state index in [2.05, 4.69) is 48.2 Å². The molecule has 0 aliphatic carbocycles. The van der Waals surface area contributed by atoms with E-state index >= 15 is 0 Å². The molecule has 4 aromatic rings. The number of carbonyl (C=O) groups excluding carboxylic acids is 2. The second-order valence-electron chi connectivity index (χ2n) is 14.3. The normalized spacial score (nSPS) is 20.4. The molecule has 2 fully saturated rings. The Hall–Kier alpha value is -4.87. The van der Waals surface area contributed by atoms with Crippen LogP contribution in [0, 0.1) is 11.3 Å². The number of methoxy groups -OCH3 is 1. The van der Waals surface area contributed by atoms with Crippen molar-refractivity contribution in [1.29, 1.82) is 0 Å². The van der Waals surface area contributed by atoms with Gasteiger partial charge in [-0.1, -0.05) is 65.0 Å². The second-order valence-corrected chi connectivity index (χ2v) is 14.3. The molecule has 2 aromatic carbocycles. The van der Waals surface area contributed by atoms with Gasteiger partial charge in [0.25, 0.3) is 0 Å². The summed E-state index contributed by atoms with van der Waals surface area (Å²) in [6.45, 7) is 11.1. The van der Waals surface area contributed by atoms with Crippen LogP contribution < -0.4 is 5.32 Å². The van der Waals surface area contributed by atoms with Crippen molar-refractivity contribution in [1.82, 2.24) is 35.1 Å². The summed E-state index contributed by atoms with van der Waals surface area (Å²) >= 11 is 0. The molecular weight excluding hydrogens is 610 g/mol. The number of nitrogens with zero attached hydrogens (tertiary/aromatic N) is 4. The van der Waals surface area contributed by atoms with Crippen LogP contribution in [0.4, 0.5) is 9.59 Å². The molecule has 0 unspecified atom stereocenters. The lowest BCUT2D eigenvalue weighted by Gasteiger charge is -2.45. The fourth-order valence-electron chi connectivity index (χ4n) is 7.53. The maximum atomic E-state index is 13.6. The van der Waals surface area contributed by atoms with Gasteiger partial charge in [0.15, 0.2) is 0 Å². The number of alkyl carbamates (subject to hydrolysis) is 1. The minimum atomic E-state index is -0.924. The van der Waals surface area contributed by atoms with Crippen LogP contribution >= 0.6 is 0 Å². The molecule has 2 saturated heterocycles. The molecule has 0 saturated carbocycles. The average molecular weight is 656 g/mol. The van der Waals surface area contributed by atoms with Gasteiger partial charge < -0.3 is 30.0 Å². The number of rotatable bonds is 7. The summed E-state index contributed by atoms with van der Waals surface area (Å²) in [5, 5.41) is 12.7. The van der Waals surface area contributed by atoms with Crippen molar-refractivity contribution in [3.63, 3.8) is 0 Å². The highest BCUT2D eigenvalue weighted by atomic mass is 16.5. The minimum Gasteiger partial charge on any atom is -0.465 e. The summed E-state index contributed by atoms with van der Waals surface area (Å²) in [5.41, 5.74) is 4.34. The van der Waals surface area contributed by atoms with Crippen molar-refractivity contribution in [3.05, 3.63) is 60.3 Å². The van der Waals surface area contributed by atoms with Crippen LogP contribution in [0.25, 0.3) is 33.4 Å². The van der Waals surface area contributed by atoms with Gasteiger partial charge in [-0.3, -0.25) is 9.69 Å². The van der Waals surface area contributed by atoms with Gasteiger partial charge in [0.2, 0.25) is 5.91 Å². The van der Waals surface area contributed by atoms with Crippen molar-refractivity contribution in [2.45, 2.75) is 77.9 Å². The zero-order valence-electron chi connectivity index (χ0n) is 28.5. The molecule has 12 heteroatoms. The van der Waals surface area contributed by atoms with Gasteiger partial charge in [0.1, 0.15) is 23.2 Å². The zero-order valence-corrected chi connectivity index (χ0v) is 28.5. The predicted molar refractivity (Wildman–Crippen MR) is 182 cm³/mol. The van der Waals surface area contributed by atoms with E-state index in [1.807, 2.05) is 55.3 Å². The monoisotopic (exact) mass is 655 g/mol. The number of hydrogen-bond donors (Lipinski definition) is 4. The van der Waals surface area contributed by atoms with E-state index in [4.69, 9.17) is 14.7 Å². The molecule has 254 valence electrons. The molecule has 4 N–H and O–H groups in total. The van der Waals surface area contributed by atoms with Crippen LogP contribution in [-0.2, 0) is 15.1 Å². The Bertz CT molecular complexity index is 1820. The highest BCUT2D eigenvalue weighted by molar-refractivity contribution is 5.87. The molecule has 3 atom stereocenters. The van der Waals surface area contributed by atoms with Crippen molar-refractivity contribution >= 4 is 29.1 Å². The number of nitrogens with one attached hydrogen (secondary N) is 3. The Morgan fingerprint density at radius 3 is 2.40 bits per heavy atom. The van der Waals surface area contributed by atoms with E-state index in [-0.39, 0.29) is 23.3 Å². The maximum Gasteiger partial charge on any atom is 0.408 e. The van der Waals surface area contributed by atoms with Gasteiger partial charge in [-0.05, 0) is 60.3 Å². The van der Waals surface area contributed by atoms with Gasteiger partial charge in [0.05, 0.1) is 29.9 Å².